The van der Waals surface area contributed by atoms with Crippen LogP contribution in [0.25, 0.3) is 0 Å². The van der Waals surface area contributed by atoms with Gasteiger partial charge in [0.2, 0.25) is 0 Å². The van der Waals surface area contributed by atoms with Crippen molar-refractivity contribution in [2.75, 3.05) is 17.6 Å². The number of carbonyl (C=O) groups is 1. The van der Waals surface area contributed by atoms with Gasteiger partial charge in [0.15, 0.2) is 0 Å². The van der Waals surface area contributed by atoms with Crippen LogP contribution in [0.4, 0.5) is 5.82 Å². The number of hydrogen-bond donors (Lipinski definition) is 4. The molecule has 1 aromatic rings. The van der Waals surface area contributed by atoms with Gasteiger partial charge in [-0.05, 0) is 37.8 Å². The predicted octanol–water partition coefficient (Wildman–Crippen LogP) is 1.61. The largest absolute Gasteiger partial charge is 0.481 e. The number of thioether (sulfide) groups is 1. The van der Waals surface area contributed by atoms with Gasteiger partial charge in [0.1, 0.15) is 5.82 Å². The maximum Gasteiger partial charge on any atom is 0.306 e. The lowest BCUT2D eigenvalue weighted by Crippen LogP contribution is -2.45. The fourth-order valence-corrected chi connectivity index (χ4v) is 4.15. The monoisotopic (exact) mass is 337 g/mol. The Kier molecular flexibility index (Phi) is 5.08. The number of carboxylic acids is 1. The molecule has 6 nitrogen and oxygen atoms in total. The quantitative estimate of drug-likeness (QED) is 0.663. The minimum atomic E-state index is -0.807. The SMILES string of the molecule is Cc1cc2c(nc1CN[C@H]1CC[C@H](C(=O)O)C[C@@H]1O)NCCS2. The van der Waals surface area contributed by atoms with Crippen LogP contribution in [0.2, 0.25) is 0 Å². The van der Waals surface area contributed by atoms with Crippen molar-refractivity contribution in [3.8, 4) is 0 Å². The zero-order valence-electron chi connectivity index (χ0n) is 13.2. The highest BCUT2D eigenvalue weighted by Gasteiger charge is 2.32. The summed E-state index contributed by atoms with van der Waals surface area (Å²) in [6.45, 7) is 3.57. The number of aliphatic hydroxyl groups is 1. The molecule has 4 N–H and O–H groups in total. The average Bonchev–Trinajstić information content (AvgIpc) is 2.53. The van der Waals surface area contributed by atoms with Crippen molar-refractivity contribution >= 4 is 23.5 Å². The molecule has 0 aromatic carbocycles. The molecule has 1 aliphatic heterocycles. The summed E-state index contributed by atoms with van der Waals surface area (Å²) in [4.78, 5) is 16.9. The van der Waals surface area contributed by atoms with Crippen molar-refractivity contribution < 1.29 is 15.0 Å². The minimum Gasteiger partial charge on any atom is -0.481 e. The van der Waals surface area contributed by atoms with Crippen LogP contribution in [0.3, 0.4) is 0 Å². The van der Waals surface area contributed by atoms with E-state index in [1.54, 1.807) is 0 Å². The van der Waals surface area contributed by atoms with Crippen molar-refractivity contribution in [1.82, 2.24) is 10.3 Å². The molecule has 0 saturated heterocycles. The lowest BCUT2D eigenvalue weighted by Gasteiger charge is -2.32. The number of aliphatic hydroxyl groups excluding tert-OH is 1. The summed E-state index contributed by atoms with van der Waals surface area (Å²) in [5, 5.41) is 25.9. The van der Waals surface area contributed by atoms with E-state index in [2.05, 4.69) is 23.6 Å². The van der Waals surface area contributed by atoms with E-state index in [0.717, 1.165) is 29.4 Å². The second-order valence-corrected chi connectivity index (χ2v) is 7.41. The summed E-state index contributed by atoms with van der Waals surface area (Å²) in [6.07, 6.45) is 0.994. The fourth-order valence-electron chi connectivity index (χ4n) is 3.21. The summed E-state index contributed by atoms with van der Waals surface area (Å²) in [7, 11) is 0. The molecule has 0 radical (unpaired) electrons. The van der Waals surface area contributed by atoms with Gasteiger partial charge in [0.05, 0.1) is 22.6 Å². The normalized spacial score (nSPS) is 27.1. The molecule has 1 aromatic heterocycles. The zero-order chi connectivity index (χ0) is 16.4. The number of rotatable bonds is 4. The standard InChI is InChI=1S/C16H23N3O3S/c1-9-6-14-15(17-4-5-23-14)19-12(9)8-18-11-3-2-10(16(21)22)7-13(11)20/h6,10-11,13,18,20H,2-5,7-8H2,1H3,(H,17,19)(H,21,22)/t10-,11-,13-/m0/s1. The van der Waals surface area contributed by atoms with E-state index in [0.29, 0.717) is 25.8 Å². The Bertz CT molecular complexity index is 596. The van der Waals surface area contributed by atoms with E-state index in [9.17, 15) is 9.90 Å². The van der Waals surface area contributed by atoms with Crippen molar-refractivity contribution in [2.45, 2.75) is 49.8 Å². The zero-order valence-corrected chi connectivity index (χ0v) is 14.0. The Morgan fingerprint density at radius 3 is 3.09 bits per heavy atom. The lowest BCUT2D eigenvalue weighted by molar-refractivity contribution is -0.144. The van der Waals surface area contributed by atoms with Crippen LogP contribution >= 0.6 is 11.8 Å². The third kappa shape index (κ3) is 3.79. The number of hydrogen-bond acceptors (Lipinski definition) is 6. The fraction of sp³-hybridized carbons (Fsp3) is 0.625. The summed E-state index contributed by atoms with van der Waals surface area (Å²) >= 11 is 1.82. The number of aliphatic carboxylic acids is 1. The molecular formula is C16H23N3O3S. The maximum atomic E-state index is 11.0. The van der Waals surface area contributed by atoms with Gasteiger partial charge in [-0.15, -0.1) is 11.8 Å². The summed E-state index contributed by atoms with van der Waals surface area (Å²) in [6, 6.07) is 2.10. The molecule has 3 atom stereocenters. The van der Waals surface area contributed by atoms with Crippen LogP contribution in [0.15, 0.2) is 11.0 Å². The molecule has 2 aliphatic rings. The Hall–Kier alpha value is -1.31. The molecule has 0 amide bonds. The number of carboxylic acid groups (broad SMARTS) is 1. The highest BCUT2D eigenvalue weighted by molar-refractivity contribution is 7.99. The number of anilines is 1. The third-order valence-corrected chi connectivity index (χ3v) is 5.66. The Balaban J connectivity index is 1.61. The maximum absolute atomic E-state index is 11.0. The summed E-state index contributed by atoms with van der Waals surface area (Å²) in [5.41, 5.74) is 2.12. The molecule has 2 heterocycles. The molecule has 0 spiro atoms. The van der Waals surface area contributed by atoms with Crippen LogP contribution in [0.5, 0.6) is 0 Å². The smallest absolute Gasteiger partial charge is 0.306 e. The van der Waals surface area contributed by atoms with Gasteiger partial charge in [0.25, 0.3) is 0 Å². The van der Waals surface area contributed by atoms with Gasteiger partial charge < -0.3 is 20.8 Å². The number of pyridine rings is 1. The van der Waals surface area contributed by atoms with Crippen LogP contribution in [0.1, 0.15) is 30.5 Å². The van der Waals surface area contributed by atoms with Crippen molar-refractivity contribution in [3.63, 3.8) is 0 Å². The van der Waals surface area contributed by atoms with Crippen molar-refractivity contribution in [2.24, 2.45) is 5.92 Å². The van der Waals surface area contributed by atoms with Crippen LogP contribution in [-0.4, -0.2) is 45.6 Å². The molecule has 3 rings (SSSR count). The average molecular weight is 337 g/mol. The van der Waals surface area contributed by atoms with Gasteiger partial charge in [-0.1, -0.05) is 0 Å². The van der Waals surface area contributed by atoms with Gasteiger partial charge in [-0.2, -0.15) is 0 Å². The molecule has 1 fully saturated rings. The second kappa shape index (κ2) is 7.07. The Morgan fingerprint density at radius 2 is 2.35 bits per heavy atom. The molecule has 1 saturated carbocycles. The molecule has 23 heavy (non-hydrogen) atoms. The predicted molar refractivity (Wildman–Crippen MR) is 89.8 cm³/mol. The first kappa shape index (κ1) is 16.5. The highest BCUT2D eigenvalue weighted by Crippen LogP contribution is 2.31. The number of nitrogens with zero attached hydrogens (tertiary/aromatic N) is 1. The summed E-state index contributed by atoms with van der Waals surface area (Å²) in [5.74, 6) is 0.773. The number of aromatic nitrogens is 1. The van der Waals surface area contributed by atoms with Gasteiger partial charge in [-0.25, -0.2) is 4.98 Å². The first-order valence-corrected chi connectivity index (χ1v) is 9.04. The minimum absolute atomic E-state index is 0.0647. The lowest BCUT2D eigenvalue weighted by atomic mass is 9.84. The van der Waals surface area contributed by atoms with Gasteiger partial charge >= 0.3 is 5.97 Å². The molecule has 7 heteroatoms. The number of fused-ring (bicyclic) bond motifs is 1. The van der Waals surface area contributed by atoms with E-state index in [4.69, 9.17) is 10.1 Å². The topological polar surface area (TPSA) is 94.5 Å². The first-order chi connectivity index (χ1) is 11.0. The molecule has 1 aliphatic carbocycles. The van der Waals surface area contributed by atoms with E-state index >= 15 is 0 Å². The number of nitrogens with one attached hydrogen (secondary N) is 2. The second-order valence-electron chi connectivity index (χ2n) is 6.28. The molecular weight excluding hydrogens is 314 g/mol. The molecule has 0 unspecified atom stereocenters. The molecule has 0 bridgehead atoms. The first-order valence-electron chi connectivity index (χ1n) is 8.06. The van der Waals surface area contributed by atoms with Gasteiger partial charge in [0, 0.05) is 24.9 Å². The van der Waals surface area contributed by atoms with Gasteiger partial charge in [-0.3, -0.25) is 4.79 Å². The van der Waals surface area contributed by atoms with Crippen molar-refractivity contribution in [1.29, 1.82) is 0 Å². The van der Waals surface area contributed by atoms with E-state index in [1.165, 1.54) is 4.90 Å². The van der Waals surface area contributed by atoms with Crippen LogP contribution < -0.4 is 10.6 Å². The van der Waals surface area contributed by atoms with Crippen molar-refractivity contribution in [3.05, 3.63) is 17.3 Å². The van der Waals surface area contributed by atoms with E-state index < -0.39 is 18.0 Å². The van der Waals surface area contributed by atoms with Crippen LogP contribution in [0, 0.1) is 12.8 Å². The Labute approximate surface area is 140 Å². The third-order valence-electron chi connectivity index (χ3n) is 4.63. The molecule has 126 valence electrons. The van der Waals surface area contributed by atoms with Crippen LogP contribution in [-0.2, 0) is 11.3 Å². The summed E-state index contributed by atoms with van der Waals surface area (Å²) < 4.78 is 0. The highest BCUT2D eigenvalue weighted by atomic mass is 32.2. The van der Waals surface area contributed by atoms with E-state index in [1.807, 2.05) is 11.8 Å². The number of aryl methyl sites for hydroxylation is 1. The Morgan fingerprint density at radius 1 is 1.52 bits per heavy atom. The van der Waals surface area contributed by atoms with E-state index in [-0.39, 0.29) is 6.04 Å².